The topological polar surface area (TPSA) is 50.7 Å². The molecule has 4 heteroatoms. The maximum atomic E-state index is 6.42. The van der Waals surface area contributed by atoms with E-state index < -0.39 is 0 Å². The lowest BCUT2D eigenvalue weighted by Crippen LogP contribution is -2.25. The largest absolute Gasteiger partial charge is 0.427 e. The summed E-state index contributed by atoms with van der Waals surface area (Å²) in [6.45, 7) is 5.02. The van der Waals surface area contributed by atoms with Crippen molar-refractivity contribution in [2.45, 2.75) is 25.7 Å². The van der Waals surface area contributed by atoms with Crippen LogP contribution in [0, 0.1) is 0 Å². The molecule has 30 heavy (non-hydrogen) atoms. The van der Waals surface area contributed by atoms with Crippen LogP contribution in [0.3, 0.4) is 0 Å². The van der Waals surface area contributed by atoms with Crippen LogP contribution < -0.4 is 5.32 Å². The van der Waals surface area contributed by atoms with Gasteiger partial charge in [0.2, 0.25) is 0 Å². The normalized spacial score (nSPS) is 19.5. The van der Waals surface area contributed by atoms with Crippen molar-refractivity contribution in [3.63, 3.8) is 0 Å². The molecule has 4 nitrogen and oxygen atoms in total. The first kappa shape index (κ1) is 18.5. The molecule has 0 radical (unpaired) electrons. The molecule has 3 heterocycles. The molecule has 1 atom stereocenters. The van der Waals surface area contributed by atoms with Gasteiger partial charge < -0.3 is 14.2 Å². The summed E-state index contributed by atoms with van der Waals surface area (Å²) in [4.78, 5) is 4.57. The van der Waals surface area contributed by atoms with Crippen molar-refractivity contribution in [3.05, 3.63) is 78.7 Å². The monoisotopic (exact) mass is 396 g/mol. The average molecular weight is 396 g/mol. The van der Waals surface area contributed by atoms with Gasteiger partial charge in [-0.25, -0.2) is 0 Å². The van der Waals surface area contributed by atoms with Gasteiger partial charge in [-0.15, -0.1) is 0 Å². The Morgan fingerprint density at radius 1 is 0.967 bits per heavy atom. The highest BCUT2D eigenvalue weighted by molar-refractivity contribution is 6.08. The summed E-state index contributed by atoms with van der Waals surface area (Å²) in [6.07, 6.45) is 6.57. The van der Waals surface area contributed by atoms with Crippen molar-refractivity contribution in [3.8, 4) is 22.5 Å². The first-order valence-corrected chi connectivity index (χ1v) is 10.3. The van der Waals surface area contributed by atoms with Crippen LogP contribution in [0.2, 0.25) is 0 Å². The Labute approximate surface area is 175 Å². The van der Waals surface area contributed by atoms with Gasteiger partial charge in [0.15, 0.2) is 0 Å². The first-order valence-electron chi connectivity index (χ1n) is 10.3. The molecule has 0 spiro atoms. The summed E-state index contributed by atoms with van der Waals surface area (Å²) in [5.41, 5.74) is 3.89. The Balaban J connectivity index is 1.85. The third-order valence-corrected chi connectivity index (χ3v) is 5.93. The fraction of sp³-hybridized carbons (Fsp3) is 0.192. The highest BCUT2D eigenvalue weighted by Gasteiger charge is 2.36. The van der Waals surface area contributed by atoms with Crippen LogP contribution in [-0.2, 0) is 5.41 Å². The summed E-state index contributed by atoms with van der Waals surface area (Å²) >= 11 is 0. The van der Waals surface area contributed by atoms with Gasteiger partial charge >= 0.3 is 5.78 Å². The second-order valence-electron chi connectivity index (χ2n) is 7.91. The molecule has 0 aliphatic carbocycles. The van der Waals surface area contributed by atoms with Crippen LogP contribution in [-0.4, -0.2) is 12.8 Å². The van der Waals surface area contributed by atoms with E-state index in [9.17, 15) is 0 Å². The standard InChI is InChI=1S/C26H24N2O2/c1-3-26(2)17-27-15-10-16-28-22-21-20(18-11-6-4-7-12-18)23(19-13-8-5-9-14-19)29-25(21)30-24(22)26/h4-16,28H,3,17H2,1-2H3/b16-10-,27-15?. The fourth-order valence-corrected chi connectivity index (χ4v) is 4.04. The first-order chi connectivity index (χ1) is 14.7. The number of allylic oxidation sites excluding steroid dienone is 1. The molecule has 1 aliphatic heterocycles. The van der Waals surface area contributed by atoms with Crippen molar-refractivity contribution >= 4 is 23.1 Å². The minimum atomic E-state index is -0.229. The van der Waals surface area contributed by atoms with Crippen LogP contribution >= 0.6 is 0 Å². The van der Waals surface area contributed by atoms with Crippen LogP contribution in [0.1, 0.15) is 26.0 Å². The molecule has 1 unspecified atom stereocenters. The quantitative estimate of drug-likeness (QED) is 0.404. The number of aliphatic imine (C=N–C) groups is 1. The van der Waals surface area contributed by atoms with Crippen LogP contribution in [0.5, 0.6) is 0 Å². The number of hydrogen-bond donors (Lipinski definition) is 1. The SMILES string of the molecule is CCC1(C)CN=C/C=C\Nc2c1oc1oc(-c3ccccc3)c(-c3ccccc3)c21. The fourth-order valence-electron chi connectivity index (χ4n) is 4.04. The summed E-state index contributed by atoms with van der Waals surface area (Å²) in [5.74, 6) is 2.25. The summed E-state index contributed by atoms with van der Waals surface area (Å²) < 4.78 is 12.8. The molecule has 1 N–H and O–H groups in total. The minimum absolute atomic E-state index is 0.229. The van der Waals surface area contributed by atoms with Gasteiger partial charge in [0, 0.05) is 29.0 Å². The lowest BCUT2D eigenvalue weighted by atomic mass is 9.83. The summed E-state index contributed by atoms with van der Waals surface area (Å²) in [6, 6.07) is 20.5. The van der Waals surface area contributed by atoms with E-state index in [0.717, 1.165) is 45.7 Å². The number of anilines is 1. The number of nitrogens with zero attached hydrogens (tertiary/aromatic N) is 1. The van der Waals surface area contributed by atoms with E-state index >= 15 is 0 Å². The van der Waals surface area contributed by atoms with Gasteiger partial charge in [-0.3, -0.25) is 4.99 Å². The lowest BCUT2D eigenvalue weighted by Gasteiger charge is -2.24. The molecule has 5 rings (SSSR count). The highest BCUT2D eigenvalue weighted by atomic mass is 16.5. The van der Waals surface area contributed by atoms with Gasteiger partial charge in [-0.2, -0.15) is 0 Å². The van der Waals surface area contributed by atoms with E-state index in [2.05, 4.69) is 60.6 Å². The lowest BCUT2D eigenvalue weighted by molar-refractivity contribution is 0.352. The number of benzene rings is 2. The Hall–Kier alpha value is -3.53. The third-order valence-electron chi connectivity index (χ3n) is 5.93. The Morgan fingerprint density at radius 3 is 2.37 bits per heavy atom. The van der Waals surface area contributed by atoms with E-state index in [-0.39, 0.29) is 5.41 Å². The zero-order valence-corrected chi connectivity index (χ0v) is 17.2. The highest BCUT2D eigenvalue weighted by Crippen LogP contribution is 2.49. The molecular weight excluding hydrogens is 372 g/mol. The Bertz CT molecular complexity index is 1230. The van der Waals surface area contributed by atoms with Gasteiger partial charge in [0.1, 0.15) is 11.5 Å². The second kappa shape index (κ2) is 7.38. The minimum Gasteiger partial charge on any atom is -0.427 e. The van der Waals surface area contributed by atoms with Gasteiger partial charge in [0.05, 0.1) is 17.6 Å². The predicted molar refractivity (Wildman–Crippen MR) is 123 cm³/mol. The molecule has 0 fully saturated rings. The van der Waals surface area contributed by atoms with Crippen LogP contribution in [0.25, 0.3) is 33.6 Å². The van der Waals surface area contributed by atoms with Gasteiger partial charge in [-0.1, -0.05) is 74.5 Å². The van der Waals surface area contributed by atoms with Crippen molar-refractivity contribution in [1.29, 1.82) is 0 Å². The van der Waals surface area contributed by atoms with Gasteiger partial charge in [-0.05, 0) is 18.1 Å². The molecular formula is C26H24N2O2. The molecule has 0 saturated heterocycles. The van der Waals surface area contributed by atoms with E-state index in [1.807, 2.05) is 42.8 Å². The van der Waals surface area contributed by atoms with E-state index in [0.29, 0.717) is 12.3 Å². The van der Waals surface area contributed by atoms with E-state index in [1.165, 1.54) is 0 Å². The molecule has 0 bridgehead atoms. The third kappa shape index (κ3) is 2.96. The zero-order chi connectivity index (χ0) is 20.6. The van der Waals surface area contributed by atoms with E-state index in [4.69, 9.17) is 8.83 Å². The number of hydrogen-bond acceptors (Lipinski definition) is 4. The molecule has 2 aromatic carbocycles. The molecule has 1 aliphatic rings. The number of nitrogens with one attached hydrogen (secondary N) is 1. The summed E-state index contributed by atoms with van der Waals surface area (Å²) in [7, 11) is 0. The van der Waals surface area contributed by atoms with Gasteiger partial charge in [0.25, 0.3) is 0 Å². The zero-order valence-electron chi connectivity index (χ0n) is 17.2. The number of furan rings is 2. The van der Waals surface area contributed by atoms with Crippen LogP contribution in [0.15, 0.2) is 86.8 Å². The maximum absolute atomic E-state index is 6.42. The average Bonchev–Trinajstić information content (AvgIpc) is 3.35. The Morgan fingerprint density at radius 2 is 1.67 bits per heavy atom. The van der Waals surface area contributed by atoms with Crippen molar-refractivity contribution in [2.75, 3.05) is 11.9 Å². The van der Waals surface area contributed by atoms with Crippen molar-refractivity contribution in [2.24, 2.45) is 4.99 Å². The summed E-state index contributed by atoms with van der Waals surface area (Å²) in [5, 5.41) is 4.44. The predicted octanol–water partition coefficient (Wildman–Crippen LogP) is 7.04. The molecule has 4 aromatic rings. The van der Waals surface area contributed by atoms with Crippen LogP contribution in [0.4, 0.5) is 5.69 Å². The Kier molecular flexibility index (Phi) is 4.55. The molecule has 150 valence electrons. The molecule has 0 saturated carbocycles. The molecule has 0 amide bonds. The number of fused-ring (bicyclic) bond motifs is 3. The molecule has 2 aromatic heterocycles. The van der Waals surface area contributed by atoms with E-state index in [1.54, 1.807) is 0 Å². The number of rotatable bonds is 3. The van der Waals surface area contributed by atoms with Crippen molar-refractivity contribution < 1.29 is 8.83 Å². The smallest absolute Gasteiger partial charge is 0.300 e. The maximum Gasteiger partial charge on any atom is 0.300 e. The van der Waals surface area contributed by atoms with Crippen molar-refractivity contribution in [1.82, 2.24) is 0 Å². The second-order valence-corrected chi connectivity index (χ2v) is 7.91.